The van der Waals surface area contributed by atoms with Crippen molar-refractivity contribution >= 4 is 17.3 Å². The maximum absolute atomic E-state index is 11.0. The van der Waals surface area contributed by atoms with E-state index in [0.717, 1.165) is 0 Å². The zero-order valence-corrected chi connectivity index (χ0v) is 12.7. The number of thiophene rings is 1. The third-order valence-electron chi connectivity index (χ3n) is 3.18. The van der Waals surface area contributed by atoms with Gasteiger partial charge in [-0.05, 0) is 30.4 Å². The van der Waals surface area contributed by atoms with E-state index in [1.165, 1.54) is 4.88 Å². The summed E-state index contributed by atoms with van der Waals surface area (Å²) in [5.41, 5.74) is 0.659. The normalized spacial score (nSPS) is 12.8. The van der Waals surface area contributed by atoms with Crippen LogP contribution in [-0.4, -0.2) is 11.1 Å². The number of carbonyl (C=O) groups is 1. The van der Waals surface area contributed by atoms with Crippen molar-refractivity contribution < 1.29 is 14.3 Å². The van der Waals surface area contributed by atoms with E-state index in [4.69, 9.17) is 9.52 Å². The first kappa shape index (κ1) is 14.8. The van der Waals surface area contributed by atoms with Crippen LogP contribution in [0.5, 0.6) is 0 Å². The number of hydrogen-bond donors (Lipinski definition) is 2. The molecule has 2 aromatic rings. The molecule has 0 bridgehead atoms. The van der Waals surface area contributed by atoms with Crippen LogP contribution in [0.2, 0.25) is 0 Å². The van der Waals surface area contributed by atoms with Gasteiger partial charge in [-0.2, -0.15) is 0 Å². The molecule has 0 spiro atoms. The fourth-order valence-corrected chi connectivity index (χ4v) is 3.16. The van der Waals surface area contributed by atoms with Gasteiger partial charge in [-0.3, -0.25) is 0 Å². The molecular weight excluding hydrogens is 274 g/mol. The smallest absolute Gasteiger partial charge is 0.372 e. The molecule has 0 radical (unpaired) electrons. The molecular formula is C15H19NO3S. The summed E-state index contributed by atoms with van der Waals surface area (Å²) in [5, 5.41) is 14.5. The van der Waals surface area contributed by atoms with Gasteiger partial charge >= 0.3 is 5.97 Å². The zero-order chi connectivity index (χ0) is 14.7. The highest BCUT2D eigenvalue weighted by atomic mass is 32.1. The van der Waals surface area contributed by atoms with Crippen molar-refractivity contribution in [2.75, 3.05) is 0 Å². The summed E-state index contributed by atoms with van der Waals surface area (Å²) in [6.07, 6.45) is 0. The molecule has 0 saturated carbocycles. The molecule has 2 rings (SSSR count). The average molecular weight is 293 g/mol. The molecule has 1 unspecified atom stereocenters. The Labute approximate surface area is 122 Å². The van der Waals surface area contributed by atoms with Gasteiger partial charge in [0, 0.05) is 16.5 Å². The van der Waals surface area contributed by atoms with Gasteiger partial charge in [-0.15, -0.1) is 11.3 Å². The summed E-state index contributed by atoms with van der Waals surface area (Å²) in [5.74, 6) is 0.109. The van der Waals surface area contributed by atoms with Gasteiger partial charge in [-0.25, -0.2) is 4.79 Å². The third-order valence-corrected chi connectivity index (χ3v) is 4.13. The van der Waals surface area contributed by atoms with Gasteiger partial charge in [0.1, 0.15) is 5.76 Å². The Hall–Kier alpha value is -1.59. The second-order valence-electron chi connectivity index (χ2n) is 5.15. The molecule has 0 aromatic carbocycles. The highest BCUT2D eigenvalue weighted by Gasteiger charge is 2.18. The lowest BCUT2D eigenvalue weighted by Crippen LogP contribution is -2.24. The SMILES string of the molecule is Cc1cc(CNC(c2cccs2)C(C)C)oc1C(=O)O. The van der Waals surface area contributed by atoms with Gasteiger partial charge in [-0.1, -0.05) is 19.9 Å². The Morgan fingerprint density at radius 3 is 2.75 bits per heavy atom. The van der Waals surface area contributed by atoms with Crippen molar-refractivity contribution in [2.24, 2.45) is 5.92 Å². The number of hydrogen-bond acceptors (Lipinski definition) is 4. The van der Waals surface area contributed by atoms with Crippen LogP contribution in [0.1, 0.15) is 46.6 Å². The van der Waals surface area contributed by atoms with Gasteiger partial charge in [0.05, 0.1) is 6.54 Å². The number of rotatable bonds is 6. The van der Waals surface area contributed by atoms with Crippen molar-refractivity contribution in [2.45, 2.75) is 33.4 Å². The topological polar surface area (TPSA) is 62.5 Å². The van der Waals surface area contributed by atoms with Crippen LogP contribution in [0.25, 0.3) is 0 Å². The summed E-state index contributed by atoms with van der Waals surface area (Å²) in [4.78, 5) is 12.2. The predicted octanol–water partition coefficient (Wildman–Crippen LogP) is 3.83. The van der Waals surface area contributed by atoms with E-state index in [-0.39, 0.29) is 11.8 Å². The van der Waals surface area contributed by atoms with E-state index in [1.807, 2.05) is 6.07 Å². The Bertz CT molecular complexity index is 572. The Balaban J connectivity index is 2.07. The Morgan fingerprint density at radius 1 is 1.50 bits per heavy atom. The fourth-order valence-electron chi connectivity index (χ4n) is 2.19. The van der Waals surface area contributed by atoms with E-state index in [2.05, 4.69) is 30.6 Å². The largest absolute Gasteiger partial charge is 0.475 e. The van der Waals surface area contributed by atoms with Crippen molar-refractivity contribution in [3.8, 4) is 0 Å². The highest BCUT2D eigenvalue weighted by molar-refractivity contribution is 7.10. The molecule has 4 nitrogen and oxygen atoms in total. The summed E-state index contributed by atoms with van der Waals surface area (Å²) >= 11 is 1.72. The van der Waals surface area contributed by atoms with Gasteiger partial charge in [0.25, 0.3) is 0 Å². The van der Waals surface area contributed by atoms with Crippen LogP contribution < -0.4 is 5.32 Å². The molecule has 0 fully saturated rings. The summed E-state index contributed by atoms with van der Waals surface area (Å²) < 4.78 is 5.36. The van der Waals surface area contributed by atoms with Crippen molar-refractivity contribution in [3.05, 3.63) is 45.5 Å². The lowest BCUT2D eigenvalue weighted by molar-refractivity contribution is 0.0659. The van der Waals surface area contributed by atoms with E-state index < -0.39 is 5.97 Å². The van der Waals surface area contributed by atoms with Crippen LogP contribution in [0.4, 0.5) is 0 Å². The lowest BCUT2D eigenvalue weighted by Gasteiger charge is -2.20. The van der Waals surface area contributed by atoms with Crippen LogP contribution in [0.3, 0.4) is 0 Å². The molecule has 2 heterocycles. The molecule has 2 aromatic heterocycles. The summed E-state index contributed by atoms with van der Waals surface area (Å²) in [6.45, 7) is 6.59. The third kappa shape index (κ3) is 3.29. The van der Waals surface area contributed by atoms with Gasteiger partial charge in [0.2, 0.25) is 5.76 Å². The summed E-state index contributed by atoms with van der Waals surface area (Å²) in [7, 11) is 0. The monoisotopic (exact) mass is 293 g/mol. The van der Waals surface area contributed by atoms with Crippen LogP contribution in [0, 0.1) is 12.8 Å². The van der Waals surface area contributed by atoms with Crippen molar-refractivity contribution in [1.82, 2.24) is 5.32 Å². The number of aryl methyl sites for hydroxylation is 1. The standard InChI is InChI=1S/C15H19NO3S/c1-9(2)13(12-5-4-6-20-12)16-8-11-7-10(3)14(19-11)15(17)18/h4-7,9,13,16H,8H2,1-3H3,(H,17,18). The second kappa shape index (κ2) is 6.24. The fraction of sp³-hybridized carbons (Fsp3) is 0.400. The molecule has 0 amide bonds. The molecule has 1 atom stereocenters. The van der Waals surface area contributed by atoms with E-state index in [0.29, 0.717) is 23.8 Å². The van der Waals surface area contributed by atoms with E-state index in [9.17, 15) is 4.79 Å². The number of nitrogens with one attached hydrogen (secondary N) is 1. The maximum atomic E-state index is 11.0. The molecule has 20 heavy (non-hydrogen) atoms. The van der Waals surface area contributed by atoms with Gasteiger partial charge < -0.3 is 14.8 Å². The molecule has 2 N–H and O–H groups in total. The predicted molar refractivity (Wildman–Crippen MR) is 79.1 cm³/mol. The Morgan fingerprint density at radius 2 is 2.25 bits per heavy atom. The molecule has 0 aliphatic carbocycles. The van der Waals surface area contributed by atoms with Crippen LogP contribution in [0.15, 0.2) is 28.0 Å². The zero-order valence-electron chi connectivity index (χ0n) is 11.8. The number of furan rings is 1. The molecule has 0 aliphatic rings. The van der Waals surface area contributed by atoms with E-state index in [1.54, 1.807) is 24.3 Å². The van der Waals surface area contributed by atoms with E-state index >= 15 is 0 Å². The first-order chi connectivity index (χ1) is 9.49. The van der Waals surface area contributed by atoms with Crippen LogP contribution in [-0.2, 0) is 6.54 Å². The number of carboxylic acid groups (broad SMARTS) is 1. The lowest BCUT2D eigenvalue weighted by atomic mass is 10.0. The number of aromatic carboxylic acids is 1. The molecule has 5 heteroatoms. The molecule has 0 saturated heterocycles. The van der Waals surface area contributed by atoms with Crippen LogP contribution >= 0.6 is 11.3 Å². The first-order valence-corrected chi connectivity index (χ1v) is 7.46. The minimum Gasteiger partial charge on any atom is -0.475 e. The first-order valence-electron chi connectivity index (χ1n) is 6.58. The summed E-state index contributed by atoms with van der Waals surface area (Å²) in [6, 6.07) is 6.17. The average Bonchev–Trinajstić information content (AvgIpc) is 2.99. The number of carboxylic acids is 1. The minimum absolute atomic E-state index is 0.0269. The van der Waals surface area contributed by atoms with Gasteiger partial charge in [0.15, 0.2) is 0 Å². The maximum Gasteiger partial charge on any atom is 0.372 e. The van der Waals surface area contributed by atoms with Crippen molar-refractivity contribution in [1.29, 1.82) is 0 Å². The minimum atomic E-state index is -1.02. The Kier molecular flexibility index (Phi) is 4.62. The quantitative estimate of drug-likeness (QED) is 0.849. The van der Waals surface area contributed by atoms with Crippen molar-refractivity contribution in [3.63, 3.8) is 0 Å². The molecule has 108 valence electrons. The molecule has 0 aliphatic heterocycles. The highest BCUT2D eigenvalue weighted by Crippen LogP contribution is 2.26. The second-order valence-corrected chi connectivity index (χ2v) is 6.13.